The highest BCUT2D eigenvalue weighted by molar-refractivity contribution is 5.81. The van der Waals surface area contributed by atoms with Crippen molar-refractivity contribution in [2.24, 2.45) is 5.73 Å². The predicted molar refractivity (Wildman–Crippen MR) is 77.5 cm³/mol. The third kappa shape index (κ3) is 4.19. The summed E-state index contributed by atoms with van der Waals surface area (Å²) in [7, 11) is 0. The van der Waals surface area contributed by atoms with Crippen molar-refractivity contribution in [2.75, 3.05) is 0 Å². The number of pyridine rings is 1. The Bertz CT molecular complexity index is 617. The molecule has 1 amide bonds. The van der Waals surface area contributed by atoms with E-state index in [1.54, 1.807) is 18.3 Å². The third-order valence-electron chi connectivity index (χ3n) is 3.00. The maximum atomic E-state index is 11.9. The molecule has 5 N–H and O–H groups in total. The second-order valence-corrected chi connectivity index (χ2v) is 4.67. The van der Waals surface area contributed by atoms with Gasteiger partial charge in [0.15, 0.2) is 11.5 Å². The van der Waals surface area contributed by atoms with Crippen LogP contribution in [0.25, 0.3) is 0 Å². The molecule has 0 fully saturated rings. The number of amides is 1. The van der Waals surface area contributed by atoms with Gasteiger partial charge in [0.25, 0.3) is 0 Å². The van der Waals surface area contributed by atoms with E-state index in [1.807, 2.05) is 12.1 Å². The van der Waals surface area contributed by atoms with Crippen LogP contribution >= 0.6 is 0 Å². The molecule has 0 bridgehead atoms. The van der Waals surface area contributed by atoms with E-state index in [2.05, 4.69) is 10.3 Å². The van der Waals surface area contributed by atoms with Crippen LogP contribution in [0.2, 0.25) is 0 Å². The van der Waals surface area contributed by atoms with Crippen LogP contribution in [-0.4, -0.2) is 27.1 Å². The van der Waals surface area contributed by atoms with Gasteiger partial charge in [0.1, 0.15) is 0 Å². The molecule has 110 valence electrons. The fourth-order valence-electron chi connectivity index (χ4n) is 1.85. The zero-order valence-electron chi connectivity index (χ0n) is 11.4. The van der Waals surface area contributed by atoms with Gasteiger partial charge in [-0.3, -0.25) is 9.78 Å². The normalized spacial score (nSPS) is 11.9. The Hall–Kier alpha value is -2.60. The van der Waals surface area contributed by atoms with Gasteiger partial charge in [0, 0.05) is 6.20 Å². The number of benzene rings is 1. The van der Waals surface area contributed by atoms with Gasteiger partial charge >= 0.3 is 0 Å². The number of rotatable bonds is 5. The van der Waals surface area contributed by atoms with Crippen molar-refractivity contribution in [1.29, 1.82) is 0 Å². The molecular formula is C15H17N3O3. The van der Waals surface area contributed by atoms with Crippen molar-refractivity contribution in [3.8, 4) is 11.5 Å². The van der Waals surface area contributed by atoms with Gasteiger partial charge in [0.05, 0.1) is 18.3 Å². The van der Waals surface area contributed by atoms with Crippen LogP contribution in [0.5, 0.6) is 11.5 Å². The monoisotopic (exact) mass is 287 g/mol. The Kier molecular flexibility index (Phi) is 4.73. The minimum absolute atomic E-state index is 0.202. The van der Waals surface area contributed by atoms with Gasteiger partial charge in [-0.05, 0) is 36.2 Å². The number of aromatic nitrogens is 1. The van der Waals surface area contributed by atoms with E-state index < -0.39 is 6.04 Å². The maximum Gasteiger partial charge on any atom is 0.237 e. The van der Waals surface area contributed by atoms with E-state index in [0.717, 1.165) is 5.69 Å². The summed E-state index contributed by atoms with van der Waals surface area (Å²) in [5.41, 5.74) is 7.25. The largest absolute Gasteiger partial charge is 0.504 e. The van der Waals surface area contributed by atoms with E-state index in [1.165, 1.54) is 12.1 Å². The second-order valence-electron chi connectivity index (χ2n) is 4.67. The first-order valence-corrected chi connectivity index (χ1v) is 6.50. The van der Waals surface area contributed by atoms with Crippen molar-refractivity contribution in [1.82, 2.24) is 10.3 Å². The Labute approximate surface area is 122 Å². The Morgan fingerprint density at radius 2 is 2.05 bits per heavy atom. The first-order valence-electron chi connectivity index (χ1n) is 6.50. The minimum atomic E-state index is -0.738. The number of phenols is 2. The van der Waals surface area contributed by atoms with Crippen molar-refractivity contribution in [3.05, 3.63) is 53.9 Å². The van der Waals surface area contributed by atoms with Crippen LogP contribution in [0.15, 0.2) is 42.6 Å². The van der Waals surface area contributed by atoms with Crippen LogP contribution in [0, 0.1) is 0 Å². The molecule has 0 aliphatic carbocycles. The first kappa shape index (κ1) is 14.8. The number of nitrogens with one attached hydrogen (secondary N) is 1. The van der Waals surface area contributed by atoms with Gasteiger partial charge in [-0.1, -0.05) is 12.1 Å². The van der Waals surface area contributed by atoms with Crippen LogP contribution in [0.4, 0.5) is 0 Å². The number of phenolic OH excluding ortho intramolecular Hbond substituents is 2. The fraction of sp³-hybridized carbons (Fsp3) is 0.200. The summed E-state index contributed by atoms with van der Waals surface area (Å²) in [6.45, 7) is 0.314. The molecule has 1 atom stereocenters. The average molecular weight is 287 g/mol. The molecule has 0 aliphatic rings. The standard InChI is InChI=1S/C15H17N3O3/c16-12(7-10-4-5-13(19)14(20)8-10)15(21)18-9-11-3-1-2-6-17-11/h1-6,8,12,19-20H,7,9,16H2,(H,18,21)/t12-/m0/s1. The summed E-state index contributed by atoms with van der Waals surface area (Å²) in [6.07, 6.45) is 1.92. The summed E-state index contributed by atoms with van der Waals surface area (Å²) in [5, 5.41) is 21.3. The summed E-state index contributed by atoms with van der Waals surface area (Å²) >= 11 is 0. The highest BCUT2D eigenvalue weighted by Gasteiger charge is 2.14. The van der Waals surface area contributed by atoms with Crippen molar-refractivity contribution < 1.29 is 15.0 Å². The first-order chi connectivity index (χ1) is 10.1. The maximum absolute atomic E-state index is 11.9. The number of carbonyl (C=O) groups is 1. The average Bonchev–Trinajstić information content (AvgIpc) is 2.49. The zero-order chi connectivity index (χ0) is 15.2. The Morgan fingerprint density at radius 1 is 1.24 bits per heavy atom. The van der Waals surface area contributed by atoms with E-state index in [0.29, 0.717) is 12.1 Å². The molecule has 2 rings (SSSR count). The Morgan fingerprint density at radius 3 is 2.71 bits per heavy atom. The molecule has 1 heterocycles. The summed E-state index contributed by atoms with van der Waals surface area (Å²) in [5.74, 6) is -0.728. The molecule has 1 aromatic carbocycles. The number of nitrogens with zero attached hydrogens (tertiary/aromatic N) is 1. The van der Waals surface area contributed by atoms with Crippen LogP contribution < -0.4 is 11.1 Å². The van der Waals surface area contributed by atoms with Crippen LogP contribution in [-0.2, 0) is 17.8 Å². The minimum Gasteiger partial charge on any atom is -0.504 e. The lowest BCUT2D eigenvalue weighted by molar-refractivity contribution is -0.122. The fourth-order valence-corrected chi connectivity index (χ4v) is 1.85. The second kappa shape index (κ2) is 6.71. The molecule has 6 nitrogen and oxygen atoms in total. The van der Waals surface area contributed by atoms with E-state index in [-0.39, 0.29) is 23.8 Å². The highest BCUT2D eigenvalue weighted by atomic mass is 16.3. The number of aromatic hydroxyl groups is 2. The molecular weight excluding hydrogens is 270 g/mol. The van der Waals surface area contributed by atoms with Crippen molar-refractivity contribution >= 4 is 5.91 Å². The smallest absolute Gasteiger partial charge is 0.237 e. The summed E-state index contributed by atoms with van der Waals surface area (Å²) < 4.78 is 0. The summed E-state index contributed by atoms with van der Waals surface area (Å²) in [6, 6.07) is 9.08. The number of carbonyl (C=O) groups excluding carboxylic acids is 1. The lowest BCUT2D eigenvalue weighted by Gasteiger charge is -2.12. The number of hydrogen-bond acceptors (Lipinski definition) is 5. The molecule has 0 unspecified atom stereocenters. The zero-order valence-corrected chi connectivity index (χ0v) is 11.4. The lowest BCUT2D eigenvalue weighted by Crippen LogP contribution is -2.41. The number of hydrogen-bond donors (Lipinski definition) is 4. The molecule has 21 heavy (non-hydrogen) atoms. The molecule has 0 radical (unpaired) electrons. The van der Waals surface area contributed by atoms with Crippen molar-refractivity contribution in [3.63, 3.8) is 0 Å². The van der Waals surface area contributed by atoms with Gasteiger partial charge < -0.3 is 21.3 Å². The quantitative estimate of drug-likeness (QED) is 0.605. The van der Waals surface area contributed by atoms with E-state index >= 15 is 0 Å². The van der Waals surface area contributed by atoms with Gasteiger partial charge in [-0.15, -0.1) is 0 Å². The molecule has 0 spiro atoms. The van der Waals surface area contributed by atoms with Crippen LogP contribution in [0.1, 0.15) is 11.3 Å². The van der Waals surface area contributed by atoms with E-state index in [9.17, 15) is 15.0 Å². The predicted octanol–water partition coefficient (Wildman–Crippen LogP) is 0.679. The molecule has 2 aromatic rings. The highest BCUT2D eigenvalue weighted by Crippen LogP contribution is 2.25. The molecule has 0 saturated carbocycles. The molecule has 0 aliphatic heterocycles. The lowest BCUT2D eigenvalue weighted by atomic mass is 10.1. The van der Waals surface area contributed by atoms with Gasteiger partial charge in [-0.2, -0.15) is 0 Å². The number of nitrogens with two attached hydrogens (primary N) is 1. The molecule has 6 heteroatoms. The molecule has 0 saturated heterocycles. The van der Waals surface area contributed by atoms with Gasteiger partial charge in [-0.25, -0.2) is 0 Å². The van der Waals surface area contributed by atoms with Gasteiger partial charge in [0.2, 0.25) is 5.91 Å². The van der Waals surface area contributed by atoms with E-state index in [4.69, 9.17) is 5.73 Å². The van der Waals surface area contributed by atoms with Crippen LogP contribution in [0.3, 0.4) is 0 Å². The Balaban J connectivity index is 1.88. The summed E-state index contributed by atoms with van der Waals surface area (Å²) in [4.78, 5) is 16.0. The molecule has 1 aromatic heterocycles. The topological polar surface area (TPSA) is 108 Å². The van der Waals surface area contributed by atoms with Crippen molar-refractivity contribution in [2.45, 2.75) is 19.0 Å². The SMILES string of the molecule is N[C@@H](Cc1ccc(O)c(O)c1)C(=O)NCc1ccccn1. The third-order valence-corrected chi connectivity index (χ3v) is 3.00.